The minimum Gasteiger partial charge on any atom is -0.372 e. The molecule has 5 atom stereocenters. The molecule has 2 heterocycles. The second kappa shape index (κ2) is 7.43. The number of ether oxygens (including phenoxy) is 1. The third kappa shape index (κ3) is 4.00. The van der Waals surface area contributed by atoms with E-state index in [0.717, 1.165) is 24.4 Å². The Hall–Kier alpha value is -0.120. The predicted molar refractivity (Wildman–Crippen MR) is 87.5 cm³/mol. The van der Waals surface area contributed by atoms with Crippen LogP contribution in [0.15, 0.2) is 0 Å². The van der Waals surface area contributed by atoms with Crippen LogP contribution in [0, 0.1) is 11.8 Å². The lowest BCUT2D eigenvalue weighted by atomic mass is 9.76. The monoisotopic (exact) mass is 294 g/mol. The van der Waals surface area contributed by atoms with Gasteiger partial charge in [0, 0.05) is 25.7 Å². The van der Waals surface area contributed by atoms with E-state index in [1.54, 1.807) is 0 Å². The Bertz CT molecular complexity index is 310. The van der Waals surface area contributed by atoms with Crippen molar-refractivity contribution in [2.75, 3.05) is 26.2 Å². The summed E-state index contributed by atoms with van der Waals surface area (Å²) in [6.45, 7) is 9.38. The third-order valence-corrected chi connectivity index (χ3v) is 5.87. The second-order valence-electron chi connectivity index (χ2n) is 7.57. The molecule has 122 valence electrons. The standard InChI is InChI=1S/C18H34N2O/c1-3-5-14-6-9-18(19-4-2)15(10-14)11-20-12-16-7-8-17(13-20)21-16/h14-19H,3-13H2,1-2H3. The van der Waals surface area contributed by atoms with Gasteiger partial charge in [0.2, 0.25) is 0 Å². The normalized spacial score (nSPS) is 40.6. The van der Waals surface area contributed by atoms with E-state index in [9.17, 15) is 0 Å². The van der Waals surface area contributed by atoms with E-state index in [2.05, 4.69) is 24.1 Å². The minimum atomic E-state index is 0.538. The van der Waals surface area contributed by atoms with Gasteiger partial charge in [0.15, 0.2) is 0 Å². The molecule has 0 aromatic heterocycles. The predicted octanol–water partition coefficient (Wildman–Crippen LogP) is 3.04. The van der Waals surface area contributed by atoms with Crippen LogP contribution in [0.4, 0.5) is 0 Å². The first-order valence-electron chi connectivity index (χ1n) is 9.39. The van der Waals surface area contributed by atoms with Crippen molar-refractivity contribution in [2.24, 2.45) is 11.8 Å². The number of nitrogens with one attached hydrogen (secondary N) is 1. The fourth-order valence-corrected chi connectivity index (χ4v) is 4.94. The molecular weight excluding hydrogens is 260 g/mol. The highest BCUT2D eigenvalue weighted by Crippen LogP contribution is 2.34. The summed E-state index contributed by atoms with van der Waals surface area (Å²) in [6, 6.07) is 0.753. The highest BCUT2D eigenvalue weighted by Gasteiger charge is 2.37. The molecule has 3 fully saturated rings. The molecule has 2 bridgehead atoms. The Morgan fingerprint density at radius 2 is 1.81 bits per heavy atom. The maximum atomic E-state index is 5.99. The second-order valence-corrected chi connectivity index (χ2v) is 7.57. The molecule has 3 nitrogen and oxygen atoms in total. The quantitative estimate of drug-likeness (QED) is 0.815. The molecule has 5 unspecified atom stereocenters. The fourth-order valence-electron chi connectivity index (χ4n) is 4.94. The molecule has 0 aromatic rings. The van der Waals surface area contributed by atoms with Crippen molar-refractivity contribution in [1.29, 1.82) is 0 Å². The van der Waals surface area contributed by atoms with Gasteiger partial charge >= 0.3 is 0 Å². The summed E-state index contributed by atoms with van der Waals surface area (Å²) in [4.78, 5) is 2.72. The van der Waals surface area contributed by atoms with Crippen LogP contribution in [0.5, 0.6) is 0 Å². The smallest absolute Gasteiger partial charge is 0.0707 e. The van der Waals surface area contributed by atoms with E-state index in [1.165, 1.54) is 64.6 Å². The van der Waals surface area contributed by atoms with Crippen molar-refractivity contribution < 1.29 is 4.74 Å². The van der Waals surface area contributed by atoms with Gasteiger partial charge in [-0.1, -0.05) is 26.7 Å². The van der Waals surface area contributed by atoms with Gasteiger partial charge in [-0.15, -0.1) is 0 Å². The molecule has 1 aliphatic carbocycles. The minimum absolute atomic E-state index is 0.538. The van der Waals surface area contributed by atoms with Crippen molar-refractivity contribution in [3.8, 4) is 0 Å². The largest absolute Gasteiger partial charge is 0.372 e. The first kappa shape index (κ1) is 15.8. The molecule has 3 aliphatic rings. The van der Waals surface area contributed by atoms with E-state index in [-0.39, 0.29) is 0 Å². The molecular formula is C18H34N2O. The maximum Gasteiger partial charge on any atom is 0.0707 e. The highest BCUT2D eigenvalue weighted by molar-refractivity contribution is 4.90. The first-order chi connectivity index (χ1) is 10.3. The summed E-state index contributed by atoms with van der Waals surface area (Å²) in [5.41, 5.74) is 0. The van der Waals surface area contributed by atoms with E-state index in [4.69, 9.17) is 4.74 Å². The van der Waals surface area contributed by atoms with Crippen molar-refractivity contribution in [3.05, 3.63) is 0 Å². The molecule has 21 heavy (non-hydrogen) atoms. The Kier molecular flexibility index (Phi) is 5.58. The van der Waals surface area contributed by atoms with Gasteiger partial charge in [0.05, 0.1) is 12.2 Å². The van der Waals surface area contributed by atoms with Crippen LogP contribution in [-0.2, 0) is 4.74 Å². The highest BCUT2D eigenvalue weighted by atomic mass is 16.5. The number of nitrogens with zero attached hydrogens (tertiary/aromatic N) is 1. The molecule has 0 aromatic carbocycles. The summed E-state index contributed by atoms with van der Waals surface area (Å²) in [6.07, 6.45) is 10.7. The SMILES string of the molecule is CCCC1CCC(NCC)C(CN2CC3CCC(C2)O3)C1. The van der Waals surface area contributed by atoms with Crippen LogP contribution in [-0.4, -0.2) is 49.3 Å². The fraction of sp³-hybridized carbons (Fsp3) is 1.00. The van der Waals surface area contributed by atoms with Crippen LogP contribution in [0.2, 0.25) is 0 Å². The van der Waals surface area contributed by atoms with Crippen molar-refractivity contribution in [2.45, 2.75) is 77.0 Å². The lowest BCUT2D eigenvalue weighted by molar-refractivity contribution is -0.0466. The Labute approximate surface area is 130 Å². The zero-order valence-corrected chi connectivity index (χ0v) is 14.0. The van der Waals surface area contributed by atoms with E-state index in [1.807, 2.05) is 0 Å². The topological polar surface area (TPSA) is 24.5 Å². The van der Waals surface area contributed by atoms with Crippen molar-refractivity contribution in [1.82, 2.24) is 10.2 Å². The van der Waals surface area contributed by atoms with Crippen LogP contribution < -0.4 is 5.32 Å². The number of rotatable bonds is 6. The molecule has 3 rings (SSSR count). The summed E-state index contributed by atoms with van der Waals surface area (Å²) in [5, 5.41) is 3.77. The maximum absolute atomic E-state index is 5.99. The van der Waals surface area contributed by atoms with Crippen LogP contribution in [0.1, 0.15) is 58.8 Å². The van der Waals surface area contributed by atoms with E-state index >= 15 is 0 Å². The van der Waals surface area contributed by atoms with Gasteiger partial charge < -0.3 is 10.1 Å². The molecule has 0 spiro atoms. The Morgan fingerprint density at radius 1 is 1.05 bits per heavy atom. The number of likely N-dealkylation sites (tertiary alicyclic amines) is 1. The number of morpholine rings is 1. The number of hydrogen-bond acceptors (Lipinski definition) is 3. The van der Waals surface area contributed by atoms with Crippen molar-refractivity contribution >= 4 is 0 Å². The molecule has 2 saturated heterocycles. The van der Waals surface area contributed by atoms with Gasteiger partial charge in [-0.05, 0) is 50.5 Å². The van der Waals surface area contributed by atoms with Crippen LogP contribution >= 0.6 is 0 Å². The molecule has 1 N–H and O–H groups in total. The zero-order valence-electron chi connectivity index (χ0n) is 14.0. The molecule has 2 aliphatic heterocycles. The van der Waals surface area contributed by atoms with Gasteiger partial charge in [0.25, 0.3) is 0 Å². The van der Waals surface area contributed by atoms with Gasteiger partial charge in [-0.3, -0.25) is 4.90 Å². The lowest BCUT2D eigenvalue weighted by Gasteiger charge is -2.41. The zero-order chi connectivity index (χ0) is 14.7. The summed E-state index contributed by atoms with van der Waals surface area (Å²) in [5.74, 6) is 1.83. The van der Waals surface area contributed by atoms with Gasteiger partial charge in [0.1, 0.15) is 0 Å². The molecule has 0 radical (unpaired) electrons. The summed E-state index contributed by atoms with van der Waals surface area (Å²) in [7, 11) is 0. The van der Waals surface area contributed by atoms with E-state index in [0.29, 0.717) is 12.2 Å². The first-order valence-corrected chi connectivity index (χ1v) is 9.39. The molecule has 0 amide bonds. The molecule has 3 heteroatoms. The van der Waals surface area contributed by atoms with Crippen LogP contribution in [0.3, 0.4) is 0 Å². The number of fused-ring (bicyclic) bond motifs is 2. The Morgan fingerprint density at radius 3 is 2.48 bits per heavy atom. The summed E-state index contributed by atoms with van der Waals surface area (Å²) >= 11 is 0. The van der Waals surface area contributed by atoms with Gasteiger partial charge in [-0.25, -0.2) is 0 Å². The van der Waals surface area contributed by atoms with Crippen molar-refractivity contribution in [3.63, 3.8) is 0 Å². The number of hydrogen-bond donors (Lipinski definition) is 1. The van der Waals surface area contributed by atoms with E-state index < -0.39 is 0 Å². The lowest BCUT2D eigenvalue weighted by Crippen LogP contribution is -2.50. The van der Waals surface area contributed by atoms with Crippen LogP contribution in [0.25, 0.3) is 0 Å². The average Bonchev–Trinajstić information content (AvgIpc) is 2.81. The third-order valence-electron chi connectivity index (χ3n) is 5.87. The average molecular weight is 294 g/mol. The van der Waals surface area contributed by atoms with Gasteiger partial charge in [-0.2, -0.15) is 0 Å². The summed E-state index contributed by atoms with van der Waals surface area (Å²) < 4.78 is 5.99. The molecule has 1 saturated carbocycles. The Balaban J connectivity index is 1.56.